The van der Waals surface area contributed by atoms with Crippen LogP contribution in [0.15, 0.2) is 21.6 Å². The van der Waals surface area contributed by atoms with Crippen molar-refractivity contribution in [2.24, 2.45) is 5.92 Å². The second kappa shape index (κ2) is 6.15. The van der Waals surface area contributed by atoms with Gasteiger partial charge in [-0.15, -0.1) is 0 Å². The van der Waals surface area contributed by atoms with E-state index in [9.17, 15) is 8.42 Å². The molecule has 0 bridgehead atoms. The van der Waals surface area contributed by atoms with Crippen LogP contribution in [0.4, 0.5) is 0 Å². The Morgan fingerprint density at radius 3 is 2.76 bits per heavy atom. The second-order valence-electron chi connectivity index (χ2n) is 3.89. The minimum absolute atomic E-state index is 0.0638. The van der Waals surface area contributed by atoms with Crippen molar-refractivity contribution < 1.29 is 17.9 Å². The predicted octanol–water partition coefficient (Wildman–Crippen LogP) is -0.0943. The van der Waals surface area contributed by atoms with E-state index in [4.69, 9.17) is 9.52 Å². The molecule has 0 saturated carbocycles. The number of rotatable bonds is 7. The maximum Gasteiger partial charge on any atom is 0.273 e. The van der Waals surface area contributed by atoms with Crippen LogP contribution in [0.25, 0.3) is 0 Å². The van der Waals surface area contributed by atoms with Crippen LogP contribution in [0, 0.1) is 5.92 Å². The van der Waals surface area contributed by atoms with E-state index < -0.39 is 10.0 Å². The first-order valence-electron chi connectivity index (χ1n) is 5.33. The molecule has 1 atom stereocenters. The lowest BCUT2D eigenvalue weighted by atomic mass is 10.2. The molecule has 1 rings (SSSR count). The highest BCUT2D eigenvalue weighted by Gasteiger charge is 2.19. The van der Waals surface area contributed by atoms with E-state index in [2.05, 4.69) is 10.0 Å². The molecule has 0 spiro atoms. The first kappa shape index (κ1) is 14.2. The van der Waals surface area contributed by atoms with Gasteiger partial charge in [-0.3, -0.25) is 0 Å². The Bertz CT molecular complexity index is 441. The largest absolute Gasteiger partial charge is 0.447 e. The van der Waals surface area contributed by atoms with Crippen LogP contribution < -0.4 is 10.0 Å². The Labute approximate surface area is 101 Å². The van der Waals surface area contributed by atoms with Gasteiger partial charge >= 0.3 is 0 Å². The van der Waals surface area contributed by atoms with Crippen LogP contribution in [-0.4, -0.2) is 33.7 Å². The summed E-state index contributed by atoms with van der Waals surface area (Å²) in [6.07, 6.45) is 0. The van der Waals surface area contributed by atoms with Crippen LogP contribution in [-0.2, 0) is 16.6 Å². The van der Waals surface area contributed by atoms with Crippen molar-refractivity contribution >= 4 is 10.0 Å². The number of nitrogens with one attached hydrogen (secondary N) is 2. The number of aliphatic hydroxyl groups excluding tert-OH is 1. The zero-order valence-corrected chi connectivity index (χ0v) is 10.8. The SMILES string of the molecule is CNCc1ccc(S(=O)(=O)NCC(C)CO)o1. The topological polar surface area (TPSA) is 91.6 Å². The molecule has 0 radical (unpaired) electrons. The van der Waals surface area contributed by atoms with E-state index in [1.54, 1.807) is 20.0 Å². The molecule has 0 aliphatic heterocycles. The molecular formula is C10H18N2O4S. The van der Waals surface area contributed by atoms with Gasteiger partial charge in [0.15, 0.2) is 0 Å². The van der Waals surface area contributed by atoms with Gasteiger partial charge in [-0.1, -0.05) is 6.92 Å². The summed E-state index contributed by atoms with van der Waals surface area (Å²) < 4.78 is 31.1. The summed E-state index contributed by atoms with van der Waals surface area (Å²) in [7, 11) is -1.87. The maximum atomic E-state index is 11.8. The molecule has 1 unspecified atom stereocenters. The highest BCUT2D eigenvalue weighted by Crippen LogP contribution is 2.13. The summed E-state index contributed by atoms with van der Waals surface area (Å²) in [4.78, 5) is 0. The average Bonchev–Trinajstić information content (AvgIpc) is 2.76. The Morgan fingerprint density at radius 1 is 1.47 bits per heavy atom. The molecule has 6 nitrogen and oxygen atoms in total. The fourth-order valence-electron chi connectivity index (χ4n) is 1.16. The van der Waals surface area contributed by atoms with Crippen molar-refractivity contribution in [1.29, 1.82) is 0 Å². The van der Waals surface area contributed by atoms with Crippen LogP contribution >= 0.6 is 0 Å². The zero-order chi connectivity index (χ0) is 12.9. The van der Waals surface area contributed by atoms with Gasteiger partial charge in [-0.2, -0.15) is 0 Å². The third-order valence-electron chi connectivity index (χ3n) is 2.19. The van der Waals surface area contributed by atoms with Crippen LogP contribution in [0.1, 0.15) is 12.7 Å². The van der Waals surface area contributed by atoms with E-state index in [0.29, 0.717) is 12.3 Å². The minimum atomic E-state index is -3.62. The van der Waals surface area contributed by atoms with Crippen molar-refractivity contribution in [3.05, 3.63) is 17.9 Å². The molecule has 3 N–H and O–H groups in total. The molecule has 0 saturated heterocycles. The van der Waals surface area contributed by atoms with Crippen molar-refractivity contribution in [2.75, 3.05) is 20.2 Å². The van der Waals surface area contributed by atoms with Gasteiger partial charge in [0.2, 0.25) is 5.09 Å². The summed E-state index contributed by atoms with van der Waals surface area (Å²) in [5.41, 5.74) is 0. The van der Waals surface area contributed by atoms with Crippen molar-refractivity contribution in [3.8, 4) is 0 Å². The van der Waals surface area contributed by atoms with E-state index in [0.717, 1.165) is 0 Å². The van der Waals surface area contributed by atoms with E-state index in [-0.39, 0.29) is 24.2 Å². The van der Waals surface area contributed by atoms with Gasteiger partial charge in [0, 0.05) is 13.2 Å². The van der Waals surface area contributed by atoms with Crippen molar-refractivity contribution in [1.82, 2.24) is 10.0 Å². The third kappa shape index (κ3) is 4.12. The quantitative estimate of drug-likeness (QED) is 0.638. The summed E-state index contributed by atoms with van der Waals surface area (Å²) >= 11 is 0. The first-order valence-corrected chi connectivity index (χ1v) is 6.81. The number of hydrogen-bond acceptors (Lipinski definition) is 5. The van der Waals surface area contributed by atoms with E-state index in [1.165, 1.54) is 6.07 Å². The summed E-state index contributed by atoms with van der Waals surface area (Å²) in [5, 5.41) is 11.6. The Balaban J connectivity index is 2.68. The molecule has 0 fully saturated rings. The lowest BCUT2D eigenvalue weighted by Gasteiger charge is -2.08. The standard InChI is InChI=1S/C10H18N2O4S/c1-8(7-13)5-12-17(14,15)10-4-3-9(16-10)6-11-2/h3-4,8,11-13H,5-7H2,1-2H3. The maximum absolute atomic E-state index is 11.8. The number of furan rings is 1. The van der Waals surface area contributed by atoms with Crippen molar-refractivity contribution in [2.45, 2.75) is 18.6 Å². The predicted molar refractivity (Wildman–Crippen MR) is 62.9 cm³/mol. The minimum Gasteiger partial charge on any atom is -0.447 e. The molecule has 0 aromatic carbocycles. The lowest BCUT2D eigenvalue weighted by molar-refractivity contribution is 0.238. The van der Waals surface area contributed by atoms with E-state index >= 15 is 0 Å². The zero-order valence-electron chi connectivity index (χ0n) is 9.93. The highest BCUT2D eigenvalue weighted by molar-refractivity contribution is 7.89. The third-order valence-corrected chi connectivity index (χ3v) is 3.48. The molecule has 0 amide bonds. The van der Waals surface area contributed by atoms with Gasteiger partial charge in [0.05, 0.1) is 6.54 Å². The van der Waals surface area contributed by atoms with Crippen LogP contribution in [0.3, 0.4) is 0 Å². The smallest absolute Gasteiger partial charge is 0.273 e. The second-order valence-corrected chi connectivity index (χ2v) is 5.59. The number of aliphatic hydroxyl groups is 1. The Morgan fingerprint density at radius 2 is 2.18 bits per heavy atom. The van der Waals surface area contributed by atoms with Gasteiger partial charge in [-0.05, 0) is 25.1 Å². The van der Waals surface area contributed by atoms with Crippen molar-refractivity contribution in [3.63, 3.8) is 0 Å². The summed E-state index contributed by atoms with van der Waals surface area (Å²) in [5.74, 6) is 0.430. The van der Waals surface area contributed by atoms with E-state index in [1.807, 2.05) is 0 Å². The number of sulfonamides is 1. The van der Waals surface area contributed by atoms with Crippen LogP contribution in [0.2, 0.25) is 0 Å². The Kier molecular flexibility index (Phi) is 5.13. The number of hydrogen-bond donors (Lipinski definition) is 3. The first-order chi connectivity index (χ1) is 7.99. The summed E-state index contributed by atoms with van der Waals surface area (Å²) in [6, 6.07) is 3.03. The average molecular weight is 262 g/mol. The fraction of sp³-hybridized carbons (Fsp3) is 0.600. The molecule has 1 aromatic heterocycles. The molecular weight excluding hydrogens is 244 g/mol. The summed E-state index contributed by atoms with van der Waals surface area (Å²) in [6.45, 7) is 2.34. The van der Waals surface area contributed by atoms with Gasteiger partial charge in [-0.25, -0.2) is 13.1 Å². The molecule has 1 aromatic rings. The lowest BCUT2D eigenvalue weighted by Crippen LogP contribution is -2.29. The fourth-order valence-corrected chi connectivity index (χ4v) is 2.27. The monoisotopic (exact) mass is 262 g/mol. The van der Waals surface area contributed by atoms with Gasteiger partial charge < -0.3 is 14.8 Å². The molecule has 0 aliphatic rings. The van der Waals surface area contributed by atoms with Gasteiger partial charge in [0.25, 0.3) is 10.0 Å². The normalized spacial score (nSPS) is 13.8. The molecule has 17 heavy (non-hydrogen) atoms. The Hall–Kier alpha value is -0.890. The highest BCUT2D eigenvalue weighted by atomic mass is 32.2. The van der Waals surface area contributed by atoms with Gasteiger partial charge in [0.1, 0.15) is 5.76 Å². The molecule has 7 heteroatoms. The molecule has 1 heterocycles. The van der Waals surface area contributed by atoms with Crippen LogP contribution in [0.5, 0.6) is 0 Å². The molecule has 0 aliphatic carbocycles. The molecule has 98 valence electrons.